The lowest BCUT2D eigenvalue weighted by molar-refractivity contribution is -0.132. The highest BCUT2D eigenvalue weighted by atomic mass is 35.5. The predicted molar refractivity (Wildman–Crippen MR) is 124 cm³/mol. The molecule has 0 N–H and O–H groups in total. The van der Waals surface area contributed by atoms with Crippen LogP contribution in [0.4, 0.5) is 0 Å². The fourth-order valence-corrected chi connectivity index (χ4v) is 4.26. The smallest absolute Gasteiger partial charge is 0.360 e. The quantitative estimate of drug-likeness (QED) is 0.299. The van der Waals surface area contributed by atoms with Gasteiger partial charge in [0.1, 0.15) is 19.5 Å². The number of rotatable bonds is 4. The molecule has 1 atom stereocenters. The summed E-state index contributed by atoms with van der Waals surface area (Å²) in [5, 5.41) is 4.45. The lowest BCUT2D eigenvalue weighted by Crippen LogP contribution is -2.17. The molecule has 0 spiro atoms. The third-order valence-electron chi connectivity index (χ3n) is 5.66. The first-order chi connectivity index (χ1) is 15.6. The van der Waals surface area contributed by atoms with Crippen molar-refractivity contribution < 1.29 is 19.1 Å². The number of carbonyl (C=O) groups is 1. The number of hydrogen-bond acceptors (Lipinski definition) is 5. The van der Waals surface area contributed by atoms with Gasteiger partial charge in [-0.2, -0.15) is 0 Å². The van der Waals surface area contributed by atoms with E-state index in [1.165, 1.54) is 42.9 Å². The number of aryl methyl sites for hydroxylation is 1. The molecule has 1 unspecified atom stereocenters. The maximum Gasteiger partial charge on any atom is 0.360 e. The molecule has 0 bridgehead atoms. The molecular weight excluding hydrogens is 426 g/mol. The second kappa shape index (κ2) is 9.88. The highest BCUT2D eigenvalue weighted by Gasteiger charge is 2.26. The van der Waals surface area contributed by atoms with Crippen LogP contribution in [0.5, 0.6) is 5.75 Å². The average Bonchev–Trinajstić information content (AvgIpc) is 3.22. The molecule has 0 saturated heterocycles. The van der Waals surface area contributed by atoms with Crippen molar-refractivity contribution >= 4 is 23.3 Å². The van der Waals surface area contributed by atoms with Gasteiger partial charge in [0.25, 0.3) is 0 Å². The van der Waals surface area contributed by atoms with E-state index in [1.54, 1.807) is 12.1 Å². The number of oxime groups is 1. The minimum Gasteiger partial charge on any atom is -0.488 e. The Labute approximate surface area is 192 Å². The van der Waals surface area contributed by atoms with Gasteiger partial charge in [-0.3, -0.25) is 0 Å². The van der Waals surface area contributed by atoms with E-state index in [0.29, 0.717) is 11.5 Å². The van der Waals surface area contributed by atoms with E-state index in [-0.39, 0.29) is 5.71 Å². The van der Waals surface area contributed by atoms with Gasteiger partial charge in [-0.25, -0.2) is 4.79 Å². The van der Waals surface area contributed by atoms with E-state index in [9.17, 15) is 4.79 Å². The second-order valence-corrected chi connectivity index (χ2v) is 8.01. The summed E-state index contributed by atoms with van der Waals surface area (Å²) in [6.07, 6.45) is 2.32. The van der Waals surface area contributed by atoms with E-state index in [4.69, 9.17) is 16.3 Å². The van der Waals surface area contributed by atoms with Crippen molar-refractivity contribution in [1.29, 1.82) is 0 Å². The summed E-state index contributed by atoms with van der Waals surface area (Å²) < 4.78 is 9.93. The molecule has 0 aromatic heterocycles. The van der Waals surface area contributed by atoms with Crippen molar-refractivity contribution in [2.24, 2.45) is 5.16 Å². The monoisotopic (exact) mass is 449 g/mol. The second-order valence-electron chi connectivity index (χ2n) is 7.57. The standard InChI is InChI=1S/C16H13ClO.C10H11NO3/c17-13-3-5-15-11(8-13)1-4-14(15)10-2-6-16-12(7-10)9-18-16;1-13-10(12)9(11-14-2)8-6-4-3-5-7-8/h2-3,5-8,14H,1,4,9H2;3-7H,1-2H3. The fourth-order valence-electron chi connectivity index (χ4n) is 4.07. The summed E-state index contributed by atoms with van der Waals surface area (Å²) in [7, 11) is 2.68. The van der Waals surface area contributed by atoms with Gasteiger partial charge in [-0.05, 0) is 53.8 Å². The molecule has 5 rings (SSSR count). The van der Waals surface area contributed by atoms with Crippen LogP contribution in [0.2, 0.25) is 5.02 Å². The van der Waals surface area contributed by atoms with Crippen LogP contribution < -0.4 is 4.74 Å². The third kappa shape index (κ3) is 4.63. The van der Waals surface area contributed by atoms with Crippen LogP contribution in [-0.4, -0.2) is 25.9 Å². The van der Waals surface area contributed by atoms with Crippen LogP contribution in [0.1, 0.15) is 40.2 Å². The average molecular weight is 450 g/mol. The molecule has 1 heterocycles. The van der Waals surface area contributed by atoms with E-state index in [2.05, 4.69) is 45.1 Å². The normalized spacial score (nSPS) is 15.8. The molecule has 0 fully saturated rings. The molecule has 0 saturated carbocycles. The lowest BCUT2D eigenvalue weighted by Gasteiger charge is -2.22. The first kappa shape index (κ1) is 21.9. The van der Waals surface area contributed by atoms with Crippen LogP contribution in [-0.2, 0) is 27.4 Å². The van der Waals surface area contributed by atoms with E-state index < -0.39 is 5.97 Å². The minimum atomic E-state index is -0.516. The zero-order chi connectivity index (χ0) is 22.5. The van der Waals surface area contributed by atoms with E-state index >= 15 is 0 Å². The molecule has 6 heteroatoms. The van der Waals surface area contributed by atoms with Gasteiger partial charge in [0, 0.05) is 22.1 Å². The zero-order valence-corrected chi connectivity index (χ0v) is 18.8. The Kier molecular flexibility index (Phi) is 6.76. The maximum absolute atomic E-state index is 11.3. The van der Waals surface area contributed by atoms with E-state index in [0.717, 1.165) is 23.8 Å². The summed E-state index contributed by atoms with van der Waals surface area (Å²) in [6, 6.07) is 21.9. The summed E-state index contributed by atoms with van der Waals surface area (Å²) in [6.45, 7) is 0.767. The number of carbonyl (C=O) groups excluding carboxylic acids is 1. The van der Waals surface area contributed by atoms with E-state index in [1.807, 2.05) is 24.3 Å². The van der Waals surface area contributed by atoms with Gasteiger partial charge in [-0.15, -0.1) is 0 Å². The molecule has 32 heavy (non-hydrogen) atoms. The molecule has 3 aromatic rings. The maximum atomic E-state index is 11.3. The Morgan fingerprint density at radius 1 is 1.03 bits per heavy atom. The van der Waals surface area contributed by atoms with Crippen LogP contribution >= 0.6 is 11.6 Å². The van der Waals surface area contributed by atoms with Crippen molar-refractivity contribution in [1.82, 2.24) is 0 Å². The summed E-state index contributed by atoms with van der Waals surface area (Å²) in [5.74, 6) is 1.06. The zero-order valence-electron chi connectivity index (χ0n) is 18.0. The molecular formula is C26H24ClNO4. The van der Waals surface area contributed by atoms with Crippen molar-refractivity contribution in [3.8, 4) is 5.75 Å². The van der Waals surface area contributed by atoms with Gasteiger partial charge in [0.2, 0.25) is 0 Å². The molecule has 1 aliphatic carbocycles. The molecule has 0 radical (unpaired) electrons. The fraction of sp³-hybridized carbons (Fsp3) is 0.231. The van der Waals surface area contributed by atoms with Crippen LogP contribution in [0.15, 0.2) is 71.9 Å². The van der Waals surface area contributed by atoms with Gasteiger partial charge < -0.3 is 14.3 Å². The number of benzene rings is 3. The number of esters is 1. The number of halogens is 1. The van der Waals surface area contributed by atoms with Gasteiger partial charge >= 0.3 is 5.97 Å². The molecule has 0 amide bonds. The largest absolute Gasteiger partial charge is 0.488 e. The predicted octanol–water partition coefficient (Wildman–Crippen LogP) is 5.52. The number of nitrogens with zero attached hydrogens (tertiary/aromatic N) is 1. The molecule has 5 nitrogen and oxygen atoms in total. The lowest BCUT2D eigenvalue weighted by atomic mass is 9.91. The number of fused-ring (bicyclic) bond motifs is 2. The summed E-state index contributed by atoms with van der Waals surface area (Å²) in [5.41, 5.74) is 6.44. The molecule has 3 aromatic carbocycles. The van der Waals surface area contributed by atoms with Crippen molar-refractivity contribution in [2.45, 2.75) is 25.4 Å². The highest BCUT2D eigenvalue weighted by Crippen LogP contribution is 2.41. The summed E-state index contributed by atoms with van der Waals surface area (Å²) >= 11 is 6.06. The number of ether oxygens (including phenoxy) is 2. The van der Waals surface area contributed by atoms with Gasteiger partial charge in [0.15, 0.2) is 5.71 Å². The Hall–Kier alpha value is -3.31. The Bertz CT molecular complexity index is 1140. The topological polar surface area (TPSA) is 57.1 Å². The van der Waals surface area contributed by atoms with Crippen LogP contribution in [0, 0.1) is 0 Å². The molecule has 1 aliphatic heterocycles. The Balaban J connectivity index is 0.000000159. The van der Waals surface area contributed by atoms with Crippen molar-refractivity contribution in [3.63, 3.8) is 0 Å². The van der Waals surface area contributed by atoms with Crippen LogP contribution in [0.3, 0.4) is 0 Å². The van der Waals surface area contributed by atoms with Crippen LogP contribution in [0.25, 0.3) is 0 Å². The summed E-state index contributed by atoms with van der Waals surface area (Å²) in [4.78, 5) is 15.8. The van der Waals surface area contributed by atoms with Gasteiger partial charge in [-0.1, -0.05) is 59.2 Å². The Morgan fingerprint density at radius 3 is 2.50 bits per heavy atom. The van der Waals surface area contributed by atoms with Gasteiger partial charge in [0.05, 0.1) is 7.11 Å². The number of methoxy groups -OCH3 is 1. The first-order valence-electron chi connectivity index (χ1n) is 10.4. The Morgan fingerprint density at radius 2 is 1.84 bits per heavy atom. The highest BCUT2D eigenvalue weighted by molar-refractivity contribution is 6.43. The SMILES string of the molecule is CON=C(C(=O)OC)c1ccccc1.Clc1ccc2c(c1)CCC2c1ccc2c(c1)CO2. The van der Waals surface area contributed by atoms with Crippen molar-refractivity contribution in [3.05, 3.63) is 99.6 Å². The first-order valence-corrected chi connectivity index (χ1v) is 10.8. The minimum absolute atomic E-state index is 0.163. The number of hydrogen-bond donors (Lipinski definition) is 0. The molecule has 164 valence electrons. The third-order valence-corrected chi connectivity index (χ3v) is 5.90. The molecule has 2 aliphatic rings. The van der Waals surface area contributed by atoms with Crippen molar-refractivity contribution in [2.75, 3.05) is 14.2 Å².